The Morgan fingerprint density at radius 1 is 1.00 bits per heavy atom. The fourth-order valence-electron chi connectivity index (χ4n) is 2.92. The summed E-state index contributed by atoms with van der Waals surface area (Å²) in [5.41, 5.74) is 3.25. The van der Waals surface area contributed by atoms with E-state index in [1.165, 1.54) is 12.7 Å². The van der Waals surface area contributed by atoms with Crippen LogP contribution >= 0.6 is 0 Å². The van der Waals surface area contributed by atoms with Crippen LogP contribution in [0.15, 0.2) is 60.8 Å². The first-order chi connectivity index (χ1) is 11.1. The molecular weight excluding hydrogens is 286 g/mol. The highest BCUT2D eigenvalue weighted by Crippen LogP contribution is 2.28. The first-order valence-electron chi connectivity index (χ1n) is 7.85. The van der Waals surface area contributed by atoms with Crippen LogP contribution in [0.25, 0.3) is 10.9 Å². The molecule has 0 spiro atoms. The maximum Gasteiger partial charge on any atom is 0.333 e. The van der Waals surface area contributed by atoms with Crippen molar-refractivity contribution in [2.75, 3.05) is 7.11 Å². The quantitative estimate of drug-likeness (QED) is 0.663. The summed E-state index contributed by atoms with van der Waals surface area (Å²) < 4.78 is 7.03. The van der Waals surface area contributed by atoms with Crippen molar-refractivity contribution in [3.63, 3.8) is 0 Å². The molecular formula is C20H21NO2. The predicted octanol–water partition coefficient (Wildman–Crippen LogP) is 4.53. The molecule has 0 saturated carbocycles. The van der Waals surface area contributed by atoms with E-state index in [9.17, 15) is 4.79 Å². The molecule has 0 radical (unpaired) electrons. The van der Waals surface area contributed by atoms with Crippen LogP contribution in [0.2, 0.25) is 0 Å². The van der Waals surface area contributed by atoms with E-state index in [0.29, 0.717) is 5.92 Å². The van der Waals surface area contributed by atoms with Crippen molar-refractivity contribution in [1.82, 2.24) is 4.57 Å². The molecule has 0 aliphatic rings. The zero-order valence-corrected chi connectivity index (χ0v) is 13.7. The molecule has 3 nitrogen and oxygen atoms in total. The van der Waals surface area contributed by atoms with Gasteiger partial charge in [0, 0.05) is 11.7 Å². The molecule has 2 aromatic carbocycles. The number of fused-ring (bicyclic) bond motifs is 1. The van der Waals surface area contributed by atoms with Gasteiger partial charge in [-0.3, -0.25) is 0 Å². The Labute approximate surface area is 136 Å². The number of nitrogens with zero attached hydrogens (tertiary/aromatic N) is 1. The molecule has 3 heteroatoms. The molecule has 3 aromatic rings. The van der Waals surface area contributed by atoms with E-state index in [1.54, 1.807) is 0 Å². The largest absolute Gasteiger partial charge is 0.467 e. The molecule has 0 bridgehead atoms. The Kier molecular flexibility index (Phi) is 4.20. The molecule has 0 saturated heterocycles. The lowest BCUT2D eigenvalue weighted by atomic mass is 10.0. The van der Waals surface area contributed by atoms with Crippen LogP contribution in [0.5, 0.6) is 0 Å². The molecule has 118 valence electrons. The van der Waals surface area contributed by atoms with Crippen molar-refractivity contribution in [2.24, 2.45) is 0 Å². The molecule has 1 heterocycles. The molecule has 1 aromatic heterocycles. The van der Waals surface area contributed by atoms with Gasteiger partial charge in [0.1, 0.15) is 0 Å². The summed E-state index contributed by atoms with van der Waals surface area (Å²) in [5.74, 6) is 0.218. The predicted molar refractivity (Wildman–Crippen MR) is 92.6 cm³/mol. The van der Waals surface area contributed by atoms with Crippen molar-refractivity contribution in [2.45, 2.75) is 25.8 Å². The number of carbonyl (C=O) groups is 1. The van der Waals surface area contributed by atoms with E-state index < -0.39 is 6.04 Å². The van der Waals surface area contributed by atoms with Crippen molar-refractivity contribution < 1.29 is 9.53 Å². The van der Waals surface area contributed by atoms with Gasteiger partial charge in [-0.1, -0.05) is 50.2 Å². The van der Waals surface area contributed by atoms with Crippen LogP contribution in [-0.4, -0.2) is 17.6 Å². The van der Waals surface area contributed by atoms with E-state index >= 15 is 0 Å². The number of esters is 1. The zero-order chi connectivity index (χ0) is 16.4. The first kappa shape index (κ1) is 15.3. The van der Waals surface area contributed by atoms with E-state index in [1.807, 2.05) is 41.1 Å². The smallest absolute Gasteiger partial charge is 0.333 e. The van der Waals surface area contributed by atoms with Crippen LogP contribution in [0.1, 0.15) is 36.9 Å². The highest BCUT2D eigenvalue weighted by atomic mass is 16.5. The van der Waals surface area contributed by atoms with E-state index in [0.717, 1.165) is 16.5 Å². The van der Waals surface area contributed by atoms with E-state index in [-0.39, 0.29) is 5.97 Å². The Morgan fingerprint density at radius 3 is 2.39 bits per heavy atom. The normalized spacial score (nSPS) is 12.5. The minimum Gasteiger partial charge on any atom is -0.467 e. The Bertz CT molecular complexity index is 818. The lowest BCUT2D eigenvalue weighted by Gasteiger charge is -2.18. The third kappa shape index (κ3) is 2.87. The second kappa shape index (κ2) is 6.29. The van der Waals surface area contributed by atoms with Crippen molar-refractivity contribution in [3.8, 4) is 0 Å². The van der Waals surface area contributed by atoms with E-state index in [2.05, 4.69) is 38.1 Å². The SMILES string of the molecule is COC(=O)C(c1ccccc1)n1ccc2cc(C(C)C)ccc21. The van der Waals surface area contributed by atoms with Crippen LogP contribution in [0.4, 0.5) is 0 Å². The fourth-order valence-corrected chi connectivity index (χ4v) is 2.92. The average Bonchev–Trinajstić information content (AvgIpc) is 2.99. The second-order valence-corrected chi connectivity index (χ2v) is 6.03. The summed E-state index contributed by atoms with van der Waals surface area (Å²) in [6, 6.07) is 17.7. The number of hydrogen-bond acceptors (Lipinski definition) is 2. The standard InChI is InChI=1S/C20H21NO2/c1-14(2)16-9-10-18-17(13-16)11-12-21(18)19(20(22)23-3)15-7-5-4-6-8-15/h4-14,19H,1-3H3. The lowest BCUT2D eigenvalue weighted by Crippen LogP contribution is -2.21. The summed E-state index contributed by atoms with van der Waals surface area (Å²) >= 11 is 0. The van der Waals surface area contributed by atoms with Gasteiger partial charge in [-0.15, -0.1) is 0 Å². The van der Waals surface area contributed by atoms with Gasteiger partial charge in [0.25, 0.3) is 0 Å². The summed E-state index contributed by atoms with van der Waals surface area (Å²) in [7, 11) is 1.43. The van der Waals surface area contributed by atoms with Crippen LogP contribution in [-0.2, 0) is 9.53 Å². The maximum atomic E-state index is 12.4. The van der Waals surface area contributed by atoms with Crippen LogP contribution in [0.3, 0.4) is 0 Å². The fraction of sp³-hybridized carbons (Fsp3) is 0.250. The molecule has 0 N–H and O–H groups in total. The number of benzene rings is 2. The van der Waals surface area contributed by atoms with Crippen molar-refractivity contribution in [1.29, 1.82) is 0 Å². The van der Waals surface area contributed by atoms with Crippen molar-refractivity contribution >= 4 is 16.9 Å². The maximum absolute atomic E-state index is 12.4. The van der Waals surface area contributed by atoms with E-state index in [4.69, 9.17) is 4.74 Å². The lowest BCUT2D eigenvalue weighted by molar-refractivity contribution is -0.143. The van der Waals surface area contributed by atoms with Gasteiger partial charge in [0.05, 0.1) is 7.11 Å². The topological polar surface area (TPSA) is 31.2 Å². The van der Waals surface area contributed by atoms with Gasteiger partial charge in [-0.05, 0) is 40.6 Å². The summed E-state index contributed by atoms with van der Waals surface area (Å²) in [6.45, 7) is 4.36. The highest BCUT2D eigenvalue weighted by Gasteiger charge is 2.24. The van der Waals surface area contributed by atoms with Gasteiger partial charge in [-0.2, -0.15) is 0 Å². The minimum atomic E-state index is -0.469. The summed E-state index contributed by atoms with van der Waals surface area (Å²) in [4.78, 5) is 12.4. The van der Waals surface area contributed by atoms with Crippen LogP contribution in [0, 0.1) is 0 Å². The van der Waals surface area contributed by atoms with Gasteiger partial charge in [0.15, 0.2) is 6.04 Å². The molecule has 0 fully saturated rings. The summed E-state index contributed by atoms with van der Waals surface area (Å²) in [5, 5.41) is 1.14. The second-order valence-electron chi connectivity index (χ2n) is 6.03. The highest BCUT2D eigenvalue weighted by molar-refractivity contribution is 5.85. The summed E-state index contributed by atoms with van der Waals surface area (Å²) in [6.07, 6.45) is 1.96. The number of methoxy groups -OCH3 is 1. The average molecular weight is 307 g/mol. The third-order valence-electron chi connectivity index (χ3n) is 4.23. The monoisotopic (exact) mass is 307 g/mol. The zero-order valence-electron chi connectivity index (χ0n) is 13.7. The third-order valence-corrected chi connectivity index (χ3v) is 4.23. The molecule has 1 atom stereocenters. The Hall–Kier alpha value is -2.55. The van der Waals surface area contributed by atoms with Gasteiger partial charge in [0.2, 0.25) is 0 Å². The molecule has 0 amide bonds. The van der Waals surface area contributed by atoms with Crippen LogP contribution < -0.4 is 0 Å². The molecule has 0 aliphatic carbocycles. The number of rotatable bonds is 4. The Morgan fingerprint density at radius 2 is 1.74 bits per heavy atom. The molecule has 3 rings (SSSR count). The number of ether oxygens (including phenoxy) is 1. The Balaban J connectivity index is 2.13. The van der Waals surface area contributed by atoms with Gasteiger partial charge >= 0.3 is 5.97 Å². The number of hydrogen-bond donors (Lipinski definition) is 0. The molecule has 23 heavy (non-hydrogen) atoms. The number of aromatic nitrogens is 1. The first-order valence-corrected chi connectivity index (χ1v) is 7.85. The molecule has 1 unspecified atom stereocenters. The van der Waals surface area contributed by atoms with Crippen molar-refractivity contribution in [3.05, 3.63) is 71.9 Å². The minimum absolute atomic E-state index is 0.262. The number of carbonyl (C=O) groups excluding carboxylic acids is 1. The molecule has 0 aliphatic heterocycles. The van der Waals surface area contributed by atoms with Gasteiger partial charge in [-0.25, -0.2) is 4.79 Å². The van der Waals surface area contributed by atoms with Gasteiger partial charge < -0.3 is 9.30 Å².